The van der Waals surface area contributed by atoms with Gasteiger partial charge in [-0.1, -0.05) is 6.42 Å². The van der Waals surface area contributed by atoms with Crippen molar-refractivity contribution in [1.82, 2.24) is 34.3 Å². The van der Waals surface area contributed by atoms with E-state index in [1.165, 1.54) is 19.3 Å². The fourth-order valence-corrected chi connectivity index (χ4v) is 4.25. The molecule has 0 spiro atoms. The lowest BCUT2D eigenvalue weighted by Gasteiger charge is -2.32. The summed E-state index contributed by atoms with van der Waals surface area (Å²) in [4.78, 5) is 17.1. The molecule has 4 heterocycles. The molecule has 2 aromatic heterocycles. The van der Waals surface area contributed by atoms with Gasteiger partial charge >= 0.3 is 0 Å². The van der Waals surface area contributed by atoms with Crippen molar-refractivity contribution in [2.75, 3.05) is 26.2 Å². The summed E-state index contributed by atoms with van der Waals surface area (Å²) in [5, 5.41) is 13.2. The minimum atomic E-state index is 0.0102. The smallest absolute Gasteiger partial charge is 0.274 e. The monoisotopic (exact) mass is 371 g/mol. The number of piperidine rings is 2. The molecular formula is C19H29N7O. The molecule has 27 heavy (non-hydrogen) atoms. The number of hydrogen-bond donors (Lipinski definition) is 0. The fraction of sp³-hybridized carbons (Fsp3) is 0.684. The standard InChI is InChI=1S/C19H29N7O/c1-23-12-8-16(22-23)19(27)26-11-6-7-15(13-26)18-21-20-17(24(18)2)14-25-9-4-3-5-10-25/h8,12,15H,3-7,9-11,13-14H2,1-2H3/t15-/m1/s1. The first-order valence-corrected chi connectivity index (χ1v) is 10.0. The number of hydrogen-bond acceptors (Lipinski definition) is 5. The fourth-order valence-electron chi connectivity index (χ4n) is 4.25. The highest BCUT2D eigenvalue weighted by Crippen LogP contribution is 2.27. The van der Waals surface area contributed by atoms with Gasteiger partial charge < -0.3 is 9.47 Å². The van der Waals surface area contributed by atoms with E-state index in [1.54, 1.807) is 10.7 Å². The maximum atomic E-state index is 12.7. The molecule has 8 nitrogen and oxygen atoms in total. The van der Waals surface area contributed by atoms with Crippen LogP contribution in [-0.2, 0) is 20.6 Å². The highest BCUT2D eigenvalue weighted by molar-refractivity contribution is 5.92. The van der Waals surface area contributed by atoms with Crippen molar-refractivity contribution in [3.8, 4) is 0 Å². The molecule has 4 rings (SSSR count). The topological polar surface area (TPSA) is 72.1 Å². The first-order chi connectivity index (χ1) is 13.1. The van der Waals surface area contributed by atoms with E-state index in [-0.39, 0.29) is 11.8 Å². The zero-order valence-electron chi connectivity index (χ0n) is 16.3. The van der Waals surface area contributed by atoms with Gasteiger partial charge in [-0.15, -0.1) is 10.2 Å². The van der Waals surface area contributed by atoms with Gasteiger partial charge in [-0.25, -0.2) is 0 Å². The predicted octanol–water partition coefficient (Wildman–Crippen LogP) is 1.55. The van der Waals surface area contributed by atoms with Crippen molar-refractivity contribution >= 4 is 5.91 Å². The van der Waals surface area contributed by atoms with Gasteiger partial charge in [-0.3, -0.25) is 14.4 Å². The molecule has 8 heteroatoms. The molecule has 0 N–H and O–H groups in total. The van der Waals surface area contributed by atoms with Gasteiger partial charge in [0.05, 0.1) is 6.54 Å². The molecule has 2 aliphatic rings. The van der Waals surface area contributed by atoms with Crippen LogP contribution in [0.15, 0.2) is 12.3 Å². The van der Waals surface area contributed by atoms with Crippen LogP contribution in [0.25, 0.3) is 0 Å². The average molecular weight is 371 g/mol. The Hall–Kier alpha value is -2.22. The number of aromatic nitrogens is 5. The second-order valence-electron chi connectivity index (χ2n) is 7.84. The van der Waals surface area contributed by atoms with Crippen LogP contribution in [0.5, 0.6) is 0 Å². The van der Waals surface area contributed by atoms with E-state index in [9.17, 15) is 4.79 Å². The largest absolute Gasteiger partial charge is 0.337 e. The quantitative estimate of drug-likeness (QED) is 0.815. The van der Waals surface area contributed by atoms with Crippen LogP contribution in [0.4, 0.5) is 0 Å². The van der Waals surface area contributed by atoms with E-state index >= 15 is 0 Å². The summed E-state index contributed by atoms with van der Waals surface area (Å²) in [5.41, 5.74) is 0.516. The lowest BCUT2D eigenvalue weighted by atomic mass is 9.97. The second kappa shape index (κ2) is 7.80. The molecule has 2 aromatic rings. The van der Waals surface area contributed by atoms with E-state index in [4.69, 9.17) is 0 Å². The summed E-state index contributed by atoms with van der Waals surface area (Å²) in [6.45, 7) is 4.64. The maximum absolute atomic E-state index is 12.7. The van der Waals surface area contributed by atoms with Gasteiger partial charge in [0.15, 0.2) is 0 Å². The van der Waals surface area contributed by atoms with Gasteiger partial charge in [0, 0.05) is 39.3 Å². The highest BCUT2D eigenvalue weighted by atomic mass is 16.2. The molecule has 2 fully saturated rings. The summed E-state index contributed by atoms with van der Waals surface area (Å²) >= 11 is 0. The Morgan fingerprint density at radius 3 is 2.67 bits per heavy atom. The Bertz CT molecular complexity index is 790. The Balaban J connectivity index is 1.44. The lowest BCUT2D eigenvalue weighted by molar-refractivity contribution is 0.0696. The Morgan fingerprint density at radius 1 is 1.11 bits per heavy atom. The van der Waals surface area contributed by atoms with Crippen LogP contribution < -0.4 is 0 Å². The molecule has 1 amide bonds. The molecular weight excluding hydrogens is 342 g/mol. The van der Waals surface area contributed by atoms with Crippen molar-refractivity contribution in [3.63, 3.8) is 0 Å². The van der Waals surface area contributed by atoms with Crippen LogP contribution >= 0.6 is 0 Å². The molecule has 2 saturated heterocycles. The van der Waals surface area contributed by atoms with Crippen LogP contribution in [0, 0.1) is 0 Å². The van der Waals surface area contributed by atoms with E-state index in [1.807, 2.05) is 18.1 Å². The van der Waals surface area contributed by atoms with Crippen LogP contribution in [0.2, 0.25) is 0 Å². The van der Waals surface area contributed by atoms with E-state index < -0.39 is 0 Å². The third kappa shape index (κ3) is 3.90. The Labute approximate surface area is 160 Å². The van der Waals surface area contributed by atoms with E-state index in [0.29, 0.717) is 12.2 Å². The normalized spacial score (nSPS) is 21.6. The molecule has 146 valence electrons. The first-order valence-electron chi connectivity index (χ1n) is 10.0. The van der Waals surface area contributed by atoms with Crippen molar-refractivity contribution in [3.05, 3.63) is 29.6 Å². The minimum absolute atomic E-state index is 0.0102. The molecule has 1 atom stereocenters. The molecule has 0 radical (unpaired) electrons. The lowest BCUT2D eigenvalue weighted by Crippen LogP contribution is -2.40. The molecule has 0 unspecified atom stereocenters. The summed E-state index contributed by atoms with van der Waals surface area (Å²) in [7, 11) is 3.90. The van der Waals surface area contributed by atoms with Crippen molar-refractivity contribution in [2.24, 2.45) is 14.1 Å². The SMILES string of the molecule is Cn1ccc(C(=O)N2CCC[C@@H](c3nnc(CN4CCCCC4)n3C)C2)n1. The van der Waals surface area contributed by atoms with E-state index in [2.05, 4.69) is 31.8 Å². The molecule has 2 aliphatic heterocycles. The van der Waals surface area contributed by atoms with Crippen LogP contribution in [-0.4, -0.2) is 66.4 Å². The average Bonchev–Trinajstić information content (AvgIpc) is 3.28. The van der Waals surface area contributed by atoms with Crippen molar-refractivity contribution < 1.29 is 4.79 Å². The van der Waals surface area contributed by atoms with Crippen LogP contribution in [0.3, 0.4) is 0 Å². The molecule has 0 bridgehead atoms. The van der Waals surface area contributed by atoms with E-state index in [0.717, 1.165) is 50.7 Å². The summed E-state index contributed by atoms with van der Waals surface area (Å²) < 4.78 is 3.82. The van der Waals surface area contributed by atoms with Crippen molar-refractivity contribution in [2.45, 2.75) is 44.6 Å². The summed E-state index contributed by atoms with van der Waals surface area (Å²) in [6.07, 6.45) is 7.72. The number of nitrogens with zero attached hydrogens (tertiary/aromatic N) is 7. The number of carbonyl (C=O) groups is 1. The highest BCUT2D eigenvalue weighted by Gasteiger charge is 2.30. The number of amides is 1. The Kier molecular flexibility index (Phi) is 5.24. The number of rotatable bonds is 4. The number of aryl methyl sites for hydroxylation is 1. The van der Waals surface area contributed by atoms with Crippen molar-refractivity contribution in [1.29, 1.82) is 0 Å². The van der Waals surface area contributed by atoms with Gasteiger partial charge in [0.2, 0.25) is 0 Å². The first kappa shape index (κ1) is 18.2. The molecule has 0 aromatic carbocycles. The zero-order valence-corrected chi connectivity index (χ0v) is 16.3. The van der Waals surface area contributed by atoms with Gasteiger partial charge in [0.1, 0.15) is 17.3 Å². The Morgan fingerprint density at radius 2 is 1.93 bits per heavy atom. The molecule has 0 aliphatic carbocycles. The van der Waals surface area contributed by atoms with Crippen LogP contribution in [0.1, 0.15) is 60.2 Å². The molecule has 0 saturated carbocycles. The van der Waals surface area contributed by atoms with Gasteiger partial charge in [-0.2, -0.15) is 5.10 Å². The number of carbonyl (C=O) groups excluding carboxylic acids is 1. The zero-order chi connectivity index (χ0) is 18.8. The maximum Gasteiger partial charge on any atom is 0.274 e. The summed E-state index contributed by atoms with van der Waals surface area (Å²) in [5.74, 6) is 2.27. The van der Waals surface area contributed by atoms with Gasteiger partial charge in [0.25, 0.3) is 5.91 Å². The second-order valence-corrected chi connectivity index (χ2v) is 7.84. The van der Waals surface area contributed by atoms with Gasteiger partial charge in [-0.05, 0) is 44.8 Å². The predicted molar refractivity (Wildman–Crippen MR) is 101 cm³/mol. The summed E-state index contributed by atoms with van der Waals surface area (Å²) in [6, 6.07) is 1.78. The minimum Gasteiger partial charge on any atom is -0.337 e. The third-order valence-electron chi connectivity index (χ3n) is 5.82. The number of likely N-dealkylation sites (tertiary alicyclic amines) is 2. The third-order valence-corrected chi connectivity index (χ3v) is 5.82.